The minimum atomic E-state index is -0.0171. The van der Waals surface area contributed by atoms with Gasteiger partial charge in [0.15, 0.2) is 11.6 Å². The molecule has 1 saturated carbocycles. The first-order chi connectivity index (χ1) is 21.6. The molecule has 0 spiro atoms. The lowest BCUT2D eigenvalue weighted by Gasteiger charge is -2.27. The third-order valence-electron chi connectivity index (χ3n) is 8.68. The summed E-state index contributed by atoms with van der Waals surface area (Å²) in [4.78, 5) is 30.6. The van der Waals surface area contributed by atoms with E-state index in [1.54, 1.807) is 12.3 Å². The minimum Gasteiger partial charge on any atom is -0.490 e. The van der Waals surface area contributed by atoms with Gasteiger partial charge in [0.2, 0.25) is 0 Å². The number of benzene rings is 2. The average molecular weight is 595 g/mol. The number of ether oxygens (including phenoxy) is 2. The molecule has 232 valence electrons. The number of aryl methyl sites for hydroxylation is 2. The molecule has 1 saturated heterocycles. The van der Waals surface area contributed by atoms with E-state index in [9.17, 15) is 9.59 Å². The third-order valence-corrected chi connectivity index (χ3v) is 8.68. The maximum Gasteiger partial charge on any atom is 0.181 e. The predicted molar refractivity (Wildman–Crippen MR) is 177 cm³/mol. The molecule has 6 heteroatoms. The van der Waals surface area contributed by atoms with Gasteiger partial charge in [-0.05, 0) is 118 Å². The molecular weight excluding hydrogens is 548 g/mol. The quantitative estimate of drug-likeness (QED) is 0.219. The Balaban J connectivity index is 1.05. The standard InChI is InChI=1S/C38H46N2O4/c1-2-7-30-17-22-34(24-30)43-32-18-13-28(14-19-32)8-5-11-37(41)31-10-3-4-23-40-36(25-31)38(42)12-6-9-29-15-20-33(21-16-29)44-35-26-39-27-35/h2,4,7,13-16,18-21,23,25,30,34-35,39H,3,5-6,8-12,17,22,24,26-27H2,1H3. The van der Waals surface area contributed by atoms with Gasteiger partial charge in [0, 0.05) is 32.1 Å². The smallest absolute Gasteiger partial charge is 0.181 e. The van der Waals surface area contributed by atoms with Crippen molar-refractivity contribution >= 4 is 17.3 Å². The van der Waals surface area contributed by atoms with Gasteiger partial charge in [-0.25, -0.2) is 0 Å². The molecule has 44 heavy (non-hydrogen) atoms. The van der Waals surface area contributed by atoms with E-state index in [1.807, 2.05) is 18.2 Å². The molecule has 2 aliphatic heterocycles. The normalized spacial score (nSPS) is 20.4. The number of nitrogens with zero attached hydrogens (tertiary/aromatic N) is 1. The molecule has 1 N–H and O–H groups in total. The number of hydrogen-bond acceptors (Lipinski definition) is 6. The number of allylic oxidation sites excluding steroid dienone is 5. The molecule has 2 atom stereocenters. The summed E-state index contributed by atoms with van der Waals surface area (Å²) in [6.07, 6.45) is 19.1. The van der Waals surface area contributed by atoms with Crippen LogP contribution in [0.1, 0.15) is 75.8 Å². The van der Waals surface area contributed by atoms with Crippen molar-refractivity contribution in [3.8, 4) is 11.5 Å². The zero-order chi connectivity index (χ0) is 30.6. The van der Waals surface area contributed by atoms with E-state index in [1.165, 1.54) is 17.5 Å². The van der Waals surface area contributed by atoms with Crippen LogP contribution in [0.3, 0.4) is 0 Å². The van der Waals surface area contributed by atoms with Gasteiger partial charge < -0.3 is 14.8 Å². The molecule has 6 nitrogen and oxygen atoms in total. The van der Waals surface area contributed by atoms with Crippen molar-refractivity contribution in [3.63, 3.8) is 0 Å². The zero-order valence-electron chi connectivity index (χ0n) is 26.0. The van der Waals surface area contributed by atoms with Gasteiger partial charge in [-0.15, -0.1) is 0 Å². The SMILES string of the molecule is CC=CC1CCC(Oc2ccc(CCCC(=O)C3=CC(C(=O)CCCc4ccc(OC5CNC5)cc4)=NC=CCC3)cc2)C1. The van der Waals surface area contributed by atoms with Crippen LogP contribution in [-0.4, -0.2) is 42.6 Å². The lowest BCUT2D eigenvalue weighted by Crippen LogP contribution is -2.50. The molecule has 3 aliphatic rings. The van der Waals surface area contributed by atoms with Crippen LogP contribution in [-0.2, 0) is 22.4 Å². The van der Waals surface area contributed by atoms with Crippen molar-refractivity contribution in [2.75, 3.05) is 13.1 Å². The van der Waals surface area contributed by atoms with Crippen LogP contribution in [0, 0.1) is 5.92 Å². The van der Waals surface area contributed by atoms with Crippen molar-refractivity contribution in [2.24, 2.45) is 10.9 Å². The van der Waals surface area contributed by atoms with Gasteiger partial charge in [-0.3, -0.25) is 14.6 Å². The maximum atomic E-state index is 13.2. The third kappa shape index (κ3) is 9.62. The molecular formula is C38H46N2O4. The van der Waals surface area contributed by atoms with Crippen LogP contribution in [0.2, 0.25) is 0 Å². The number of rotatable bonds is 15. The Bertz CT molecular complexity index is 1370. The first-order valence-corrected chi connectivity index (χ1v) is 16.4. The lowest BCUT2D eigenvalue weighted by molar-refractivity contribution is -0.115. The summed E-state index contributed by atoms with van der Waals surface area (Å²) in [5, 5.41) is 3.20. The average Bonchev–Trinajstić information content (AvgIpc) is 3.43. The number of carbonyl (C=O) groups is 2. The Morgan fingerprint density at radius 2 is 1.50 bits per heavy atom. The maximum absolute atomic E-state index is 13.2. The van der Waals surface area contributed by atoms with Crippen LogP contribution in [0.5, 0.6) is 11.5 Å². The van der Waals surface area contributed by atoms with Crippen molar-refractivity contribution < 1.29 is 19.1 Å². The van der Waals surface area contributed by atoms with Gasteiger partial charge in [0.25, 0.3) is 0 Å². The summed E-state index contributed by atoms with van der Waals surface area (Å²) in [5.74, 6) is 2.53. The second-order valence-electron chi connectivity index (χ2n) is 12.2. The summed E-state index contributed by atoms with van der Waals surface area (Å²) >= 11 is 0. The van der Waals surface area contributed by atoms with Gasteiger partial charge in [0.05, 0.1) is 6.10 Å². The van der Waals surface area contributed by atoms with Crippen molar-refractivity contribution in [3.05, 3.63) is 95.7 Å². The van der Waals surface area contributed by atoms with Crippen LogP contribution < -0.4 is 14.8 Å². The summed E-state index contributed by atoms with van der Waals surface area (Å²) in [6, 6.07) is 16.5. The number of aliphatic imine (C=N–C) groups is 1. The van der Waals surface area contributed by atoms with E-state index in [4.69, 9.17) is 9.47 Å². The van der Waals surface area contributed by atoms with Gasteiger partial charge >= 0.3 is 0 Å². The summed E-state index contributed by atoms with van der Waals surface area (Å²) in [7, 11) is 0. The molecule has 2 aromatic carbocycles. The summed E-state index contributed by atoms with van der Waals surface area (Å²) in [5.41, 5.74) is 3.47. The second kappa shape index (κ2) is 16.3. The minimum absolute atomic E-state index is 0.0171. The number of carbonyl (C=O) groups excluding carboxylic acids is 2. The molecule has 2 aromatic rings. The zero-order valence-corrected chi connectivity index (χ0v) is 26.0. The molecule has 2 fully saturated rings. The molecule has 5 rings (SSSR count). The first-order valence-electron chi connectivity index (χ1n) is 16.4. The Kier molecular flexibility index (Phi) is 11.8. The molecule has 0 aromatic heterocycles. The van der Waals surface area contributed by atoms with Crippen molar-refractivity contribution in [1.82, 2.24) is 5.32 Å². The van der Waals surface area contributed by atoms with E-state index in [-0.39, 0.29) is 17.7 Å². The summed E-state index contributed by atoms with van der Waals surface area (Å²) in [6.45, 7) is 3.87. The largest absolute Gasteiger partial charge is 0.490 e. The highest BCUT2D eigenvalue weighted by Gasteiger charge is 2.24. The van der Waals surface area contributed by atoms with E-state index < -0.39 is 0 Å². The number of nitrogens with one attached hydrogen (secondary N) is 1. The fourth-order valence-electron chi connectivity index (χ4n) is 6.02. The highest BCUT2D eigenvalue weighted by atomic mass is 16.5. The molecule has 2 heterocycles. The molecule has 2 unspecified atom stereocenters. The highest BCUT2D eigenvalue weighted by molar-refractivity contribution is 6.45. The van der Waals surface area contributed by atoms with Crippen molar-refractivity contribution in [1.29, 1.82) is 0 Å². The van der Waals surface area contributed by atoms with E-state index in [0.29, 0.717) is 42.6 Å². The van der Waals surface area contributed by atoms with Crippen molar-refractivity contribution in [2.45, 2.75) is 89.8 Å². The topological polar surface area (TPSA) is 77.0 Å². The van der Waals surface area contributed by atoms with Crippen LogP contribution in [0.15, 0.2) is 89.6 Å². The second-order valence-corrected chi connectivity index (χ2v) is 12.2. The van der Waals surface area contributed by atoms with Gasteiger partial charge in [0.1, 0.15) is 23.3 Å². The Morgan fingerprint density at radius 3 is 2.11 bits per heavy atom. The number of Topliss-reactive ketones (excluding diaryl/α,β-unsaturated/α-hetero) is 2. The Morgan fingerprint density at radius 1 is 0.864 bits per heavy atom. The molecule has 0 amide bonds. The fraction of sp³-hybridized carbons (Fsp3) is 0.447. The predicted octanol–water partition coefficient (Wildman–Crippen LogP) is 7.32. The Hall–Kier alpha value is -3.77. The summed E-state index contributed by atoms with van der Waals surface area (Å²) < 4.78 is 12.1. The first kappa shape index (κ1) is 31.6. The lowest BCUT2D eigenvalue weighted by atomic mass is 9.96. The van der Waals surface area contributed by atoms with E-state index in [0.717, 1.165) is 69.5 Å². The Labute approximate surface area is 262 Å². The van der Waals surface area contributed by atoms with Crippen LogP contribution in [0.4, 0.5) is 0 Å². The van der Waals surface area contributed by atoms with Gasteiger partial charge in [-0.2, -0.15) is 0 Å². The van der Waals surface area contributed by atoms with Gasteiger partial charge in [-0.1, -0.05) is 42.5 Å². The van der Waals surface area contributed by atoms with E-state index >= 15 is 0 Å². The molecule has 0 radical (unpaired) electrons. The van der Waals surface area contributed by atoms with Crippen LogP contribution in [0.25, 0.3) is 0 Å². The number of ketones is 2. The van der Waals surface area contributed by atoms with Crippen LogP contribution >= 0.6 is 0 Å². The number of hydrogen-bond donors (Lipinski definition) is 1. The molecule has 1 aliphatic carbocycles. The monoisotopic (exact) mass is 594 g/mol. The fourth-order valence-corrected chi connectivity index (χ4v) is 6.02. The highest BCUT2D eigenvalue weighted by Crippen LogP contribution is 2.30. The molecule has 0 bridgehead atoms. The van der Waals surface area contributed by atoms with E-state index in [2.05, 4.69) is 65.8 Å².